The molecule has 2 aromatic carbocycles. The van der Waals surface area contributed by atoms with Crippen molar-refractivity contribution in [3.8, 4) is 0 Å². The average Bonchev–Trinajstić information content (AvgIpc) is 3.28. The van der Waals surface area contributed by atoms with Crippen molar-refractivity contribution in [3.05, 3.63) is 71.4 Å². The molecule has 3 aromatic rings. The van der Waals surface area contributed by atoms with E-state index in [1.807, 2.05) is 55.7 Å². The molecule has 0 bridgehead atoms. The average molecular weight is 459 g/mol. The van der Waals surface area contributed by atoms with Crippen LogP contribution in [0.15, 0.2) is 54.7 Å². The van der Waals surface area contributed by atoms with Gasteiger partial charge in [-0.15, -0.1) is 0 Å². The molecule has 6 heteroatoms. The van der Waals surface area contributed by atoms with E-state index in [1.165, 1.54) is 12.8 Å². The molecule has 3 heterocycles. The number of carbonyl (C=O) groups excluding carboxylic acids is 2. The number of piperidine rings is 1. The van der Waals surface area contributed by atoms with Crippen molar-refractivity contribution in [3.63, 3.8) is 0 Å². The summed E-state index contributed by atoms with van der Waals surface area (Å²) in [6.07, 6.45) is 5.40. The van der Waals surface area contributed by atoms with E-state index >= 15 is 0 Å². The van der Waals surface area contributed by atoms with Crippen molar-refractivity contribution < 1.29 is 9.59 Å². The molecule has 2 amide bonds. The monoisotopic (exact) mass is 458 g/mol. The highest BCUT2D eigenvalue weighted by Gasteiger charge is 2.43. The first-order valence-electron chi connectivity index (χ1n) is 12.5. The van der Waals surface area contributed by atoms with E-state index in [0.29, 0.717) is 12.1 Å². The Kier molecular flexibility index (Phi) is 6.42. The van der Waals surface area contributed by atoms with Gasteiger partial charge in [-0.3, -0.25) is 9.59 Å². The van der Waals surface area contributed by atoms with Gasteiger partial charge in [0.25, 0.3) is 5.91 Å². The predicted molar refractivity (Wildman–Crippen MR) is 135 cm³/mol. The summed E-state index contributed by atoms with van der Waals surface area (Å²) in [5, 5.41) is 4.25. The van der Waals surface area contributed by atoms with Crippen molar-refractivity contribution in [1.29, 1.82) is 0 Å². The maximum absolute atomic E-state index is 13.7. The van der Waals surface area contributed by atoms with Crippen LogP contribution in [0.3, 0.4) is 0 Å². The summed E-state index contributed by atoms with van der Waals surface area (Å²) in [4.78, 5) is 34.5. The normalized spacial score (nSPS) is 21.6. The number of nitrogens with zero attached hydrogens (tertiary/aromatic N) is 2. The fourth-order valence-corrected chi connectivity index (χ4v) is 5.59. The molecule has 2 N–H and O–H groups in total. The lowest BCUT2D eigenvalue weighted by Crippen LogP contribution is -2.46. The van der Waals surface area contributed by atoms with E-state index in [2.05, 4.69) is 28.2 Å². The Balaban J connectivity index is 1.38. The number of fused-ring (bicyclic) bond motifs is 2. The third kappa shape index (κ3) is 4.23. The van der Waals surface area contributed by atoms with Crippen molar-refractivity contribution in [2.45, 2.75) is 38.1 Å². The van der Waals surface area contributed by atoms with Crippen LogP contribution in [0.25, 0.3) is 10.9 Å². The first-order chi connectivity index (χ1) is 16.5. The first kappa shape index (κ1) is 22.7. The molecule has 2 aliphatic heterocycles. The summed E-state index contributed by atoms with van der Waals surface area (Å²) in [6.45, 7) is 6.28. The fourth-order valence-electron chi connectivity index (χ4n) is 5.59. The molecular formula is C28H34N4O2. The largest absolute Gasteiger partial charge is 0.361 e. The second-order valence-corrected chi connectivity index (χ2v) is 9.88. The molecule has 34 heavy (non-hydrogen) atoms. The fraction of sp³-hybridized carbons (Fsp3) is 0.429. The van der Waals surface area contributed by atoms with Crippen LogP contribution in [0, 0.1) is 5.92 Å². The number of aromatic amines is 1. The second-order valence-electron chi connectivity index (χ2n) is 9.88. The summed E-state index contributed by atoms with van der Waals surface area (Å²) < 4.78 is 0. The minimum Gasteiger partial charge on any atom is -0.361 e. The molecule has 178 valence electrons. The molecule has 5 rings (SSSR count). The molecule has 1 fully saturated rings. The van der Waals surface area contributed by atoms with Gasteiger partial charge in [0, 0.05) is 41.8 Å². The van der Waals surface area contributed by atoms with E-state index in [1.54, 1.807) is 4.90 Å². The van der Waals surface area contributed by atoms with Crippen LogP contribution in [-0.4, -0.2) is 59.8 Å². The molecular weight excluding hydrogens is 424 g/mol. The van der Waals surface area contributed by atoms with Gasteiger partial charge in [-0.1, -0.05) is 43.3 Å². The topological polar surface area (TPSA) is 68.4 Å². The van der Waals surface area contributed by atoms with E-state index in [-0.39, 0.29) is 17.9 Å². The summed E-state index contributed by atoms with van der Waals surface area (Å²) in [7, 11) is 1.81. The van der Waals surface area contributed by atoms with Gasteiger partial charge in [-0.2, -0.15) is 0 Å². The predicted octanol–water partition coefficient (Wildman–Crippen LogP) is 4.32. The van der Waals surface area contributed by atoms with Gasteiger partial charge in [0.05, 0.1) is 12.0 Å². The van der Waals surface area contributed by atoms with Crippen molar-refractivity contribution in [2.24, 2.45) is 5.92 Å². The Morgan fingerprint density at radius 2 is 1.79 bits per heavy atom. The van der Waals surface area contributed by atoms with Crippen LogP contribution in [0.5, 0.6) is 0 Å². The highest BCUT2D eigenvalue weighted by Crippen LogP contribution is 2.44. The van der Waals surface area contributed by atoms with Gasteiger partial charge < -0.3 is 20.1 Å². The number of likely N-dealkylation sites (N-methyl/N-ethyl adjacent to an activating group) is 1. The quantitative estimate of drug-likeness (QED) is 0.541. The summed E-state index contributed by atoms with van der Waals surface area (Å²) in [5.41, 5.74) is 3.41. The Hall–Kier alpha value is -3.12. The van der Waals surface area contributed by atoms with Crippen LogP contribution in [0.1, 0.15) is 59.6 Å². The summed E-state index contributed by atoms with van der Waals surface area (Å²) in [6, 6.07) is 15.2. The van der Waals surface area contributed by atoms with Crippen molar-refractivity contribution in [2.75, 3.05) is 33.2 Å². The molecule has 2 atom stereocenters. The van der Waals surface area contributed by atoms with E-state index in [0.717, 1.165) is 54.0 Å². The number of hydrogen-bond donors (Lipinski definition) is 2. The van der Waals surface area contributed by atoms with Gasteiger partial charge in [0.1, 0.15) is 0 Å². The molecule has 1 saturated heterocycles. The molecule has 6 nitrogen and oxygen atoms in total. The van der Waals surface area contributed by atoms with Crippen LogP contribution in [0.4, 0.5) is 0 Å². The molecule has 0 radical (unpaired) electrons. The highest BCUT2D eigenvalue weighted by atomic mass is 16.2. The lowest BCUT2D eigenvalue weighted by Gasteiger charge is -2.39. The SMILES string of the molecule is CC1CCN(CCCNC(=O)C2c3ccccc3C(=O)N(C)C2c2c[nH]c3ccccc23)CC1. The Morgan fingerprint density at radius 3 is 2.62 bits per heavy atom. The third-order valence-corrected chi connectivity index (χ3v) is 7.63. The molecule has 2 unspecified atom stereocenters. The van der Waals surface area contributed by atoms with Crippen LogP contribution in [0.2, 0.25) is 0 Å². The lowest BCUT2D eigenvalue weighted by atomic mass is 9.79. The smallest absolute Gasteiger partial charge is 0.254 e. The van der Waals surface area contributed by atoms with Gasteiger partial charge in [0.15, 0.2) is 0 Å². The number of hydrogen-bond acceptors (Lipinski definition) is 3. The number of rotatable bonds is 6. The highest BCUT2D eigenvalue weighted by molar-refractivity contribution is 6.02. The Labute approximate surface area is 201 Å². The van der Waals surface area contributed by atoms with Crippen LogP contribution >= 0.6 is 0 Å². The molecule has 2 aliphatic rings. The standard InChI is InChI=1S/C28H34N4O2/c1-19-12-16-32(17-13-19)15-7-14-29-27(33)25-21-9-3-4-10-22(21)28(34)31(2)26(25)23-18-30-24-11-6-5-8-20(23)24/h3-6,8-11,18-19,25-26,30H,7,12-17H2,1-2H3,(H,29,33). The van der Waals surface area contributed by atoms with Crippen molar-refractivity contribution in [1.82, 2.24) is 20.1 Å². The zero-order valence-electron chi connectivity index (χ0n) is 20.1. The number of benzene rings is 2. The number of likely N-dealkylation sites (tertiary alicyclic amines) is 1. The van der Waals surface area contributed by atoms with Gasteiger partial charge in [-0.05, 0) is 62.5 Å². The number of H-pyrrole nitrogens is 1. The van der Waals surface area contributed by atoms with E-state index < -0.39 is 5.92 Å². The molecule has 0 saturated carbocycles. The minimum atomic E-state index is -0.464. The Bertz CT molecular complexity index is 1180. The zero-order valence-corrected chi connectivity index (χ0v) is 20.1. The first-order valence-corrected chi connectivity index (χ1v) is 12.5. The number of amides is 2. The molecule has 0 aliphatic carbocycles. The Morgan fingerprint density at radius 1 is 1.06 bits per heavy atom. The van der Waals surface area contributed by atoms with Gasteiger partial charge in [-0.25, -0.2) is 0 Å². The maximum atomic E-state index is 13.7. The van der Waals surface area contributed by atoms with Crippen molar-refractivity contribution >= 4 is 22.7 Å². The van der Waals surface area contributed by atoms with E-state index in [4.69, 9.17) is 0 Å². The maximum Gasteiger partial charge on any atom is 0.254 e. The van der Waals surface area contributed by atoms with E-state index in [9.17, 15) is 9.59 Å². The lowest BCUT2D eigenvalue weighted by molar-refractivity contribution is -0.124. The second kappa shape index (κ2) is 9.63. The van der Waals surface area contributed by atoms with Crippen LogP contribution in [-0.2, 0) is 4.79 Å². The number of para-hydroxylation sites is 1. The molecule has 0 spiro atoms. The third-order valence-electron chi connectivity index (χ3n) is 7.63. The summed E-state index contributed by atoms with van der Waals surface area (Å²) in [5.74, 6) is 0.293. The number of carbonyl (C=O) groups is 2. The number of nitrogens with one attached hydrogen (secondary N) is 2. The van der Waals surface area contributed by atoms with Crippen LogP contribution < -0.4 is 5.32 Å². The van der Waals surface area contributed by atoms with Gasteiger partial charge in [0.2, 0.25) is 5.91 Å². The number of aromatic nitrogens is 1. The zero-order chi connectivity index (χ0) is 23.7. The van der Waals surface area contributed by atoms with Gasteiger partial charge >= 0.3 is 0 Å². The summed E-state index contributed by atoms with van der Waals surface area (Å²) >= 11 is 0. The molecule has 1 aromatic heterocycles. The minimum absolute atomic E-state index is 0.0191.